The van der Waals surface area contributed by atoms with Crippen LogP contribution in [0.25, 0.3) is 0 Å². The van der Waals surface area contributed by atoms with Crippen LogP contribution in [0.15, 0.2) is 16.9 Å². The number of aromatic nitrogens is 4. The number of rotatable bonds is 6. The van der Waals surface area contributed by atoms with E-state index in [0.29, 0.717) is 6.54 Å². The Hall–Kier alpha value is -1.73. The monoisotopic (exact) mass is 303 g/mol. The normalized spacial score (nSPS) is 25.0. The maximum absolute atomic E-state index is 5.97. The Balaban J connectivity index is 1.44. The molecular formula is C15H21N5O2. The van der Waals surface area contributed by atoms with Gasteiger partial charge in [-0.3, -0.25) is 4.68 Å². The second kappa shape index (κ2) is 5.81. The van der Waals surface area contributed by atoms with Gasteiger partial charge in [-0.1, -0.05) is 10.3 Å². The molecule has 1 saturated heterocycles. The molecule has 0 amide bonds. The lowest BCUT2D eigenvalue weighted by Crippen LogP contribution is -2.32. The van der Waals surface area contributed by atoms with E-state index in [2.05, 4.69) is 31.5 Å². The van der Waals surface area contributed by atoms with Crippen molar-refractivity contribution in [3.63, 3.8) is 0 Å². The average Bonchev–Trinajstić information content (AvgIpc) is 2.90. The fourth-order valence-corrected chi connectivity index (χ4v) is 3.01. The Morgan fingerprint density at radius 1 is 1.32 bits per heavy atom. The SMILES string of the molecule is Cc1nonc1CN[C@H]1CCO[C@@H]1c1ccnn1CC1CC1. The van der Waals surface area contributed by atoms with Crippen LogP contribution in [-0.2, 0) is 17.8 Å². The van der Waals surface area contributed by atoms with Crippen LogP contribution in [0.2, 0.25) is 0 Å². The highest BCUT2D eigenvalue weighted by Gasteiger charge is 2.33. The van der Waals surface area contributed by atoms with Crippen LogP contribution in [0.3, 0.4) is 0 Å². The fraction of sp³-hybridized carbons (Fsp3) is 0.667. The van der Waals surface area contributed by atoms with Gasteiger partial charge < -0.3 is 10.1 Å². The summed E-state index contributed by atoms with van der Waals surface area (Å²) in [5.41, 5.74) is 2.87. The Labute approximate surface area is 129 Å². The van der Waals surface area contributed by atoms with Crippen molar-refractivity contribution in [2.75, 3.05) is 6.61 Å². The first-order valence-corrected chi connectivity index (χ1v) is 7.96. The van der Waals surface area contributed by atoms with E-state index in [1.54, 1.807) is 0 Å². The molecule has 2 fully saturated rings. The standard InChI is InChI=1S/C15H21N5O2/c1-10-13(19-22-18-10)8-16-12-5-7-21-15(12)14-4-6-17-20(14)9-11-2-3-11/h4,6,11-12,15-16H,2-3,5,7-9H2,1H3/t12-,15-/m0/s1. The number of nitrogens with zero attached hydrogens (tertiary/aromatic N) is 4. The summed E-state index contributed by atoms with van der Waals surface area (Å²) in [7, 11) is 0. The summed E-state index contributed by atoms with van der Waals surface area (Å²) in [5.74, 6) is 0.801. The van der Waals surface area contributed by atoms with E-state index in [1.165, 1.54) is 18.5 Å². The molecule has 0 aromatic carbocycles. The molecule has 0 radical (unpaired) electrons. The molecule has 1 aliphatic heterocycles. The van der Waals surface area contributed by atoms with Crippen LogP contribution in [0, 0.1) is 12.8 Å². The molecule has 7 nitrogen and oxygen atoms in total. The molecular weight excluding hydrogens is 282 g/mol. The van der Waals surface area contributed by atoms with E-state index in [9.17, 15) is 0 Å². The van der Waals surface area contributed by atoms with Crippen LogP contribution < -0.4 is 5.32 Å². The van der Waals surface area contributed by atoms with Gasteiger partial charge in [-0.15, -0.1) is 0 Å². The van der Waals surface area contributed by atoms with Gasteiger partial charge in [-0.25, -0.2) is 4.63 Å². The molecule has 118 valence electrons. The molecule has 1 saturated carbocycles. The predicted molar refractivity (Wildman–Crippen MR) is 77.9 cm³/mol. The van der Waals surface area contributed by atoms with Crippen LogP contribution in [0.4, 0.5) is 0 Å². The molecule has 2 atom stereocenters. The van der Waals surface area contributed by atoms with Gasteiger partial charge in [0.05, 0.1) is 5.69 Å². The van der Waals surface area contributed by atoms with Gasteiger partial charge in [-0.2, -0.15) is 5.10 Å². The molecule has 22 heavy (non-hydrogen) atoms. The van der Waals surface area contributed by atoms with Crippen LogP contribution in [0.1, 0.15) is 42.4 Å². The van der Waals surface area contributed by atoms with E-state index in [0.717, 1.165) is 36.9 Å². The number of nitrogens with one attached hydrogen (secondary N) is 1. The third-order valence-electron chi connectivity index (χ3n) is 4.54. The van der Waals surface area contributed by atoms with Crippen molar-refractivity contribution in [1.82, 2.24) is 25.4 Å². The summed E-state index contributed by atoms with van der Waals surface area (Å²) in [6, 6.07) is 2.35. The zero-order valence-electron chi connectivity index (χ0n) is 12.7. The molecule has 4 rings (SSSR count). The molecule has 0 unspecified atom stereocenters. The average molecular weight is 303 g/mol. The van der Waals surface area contributed by atoms with Crippen molar-refractivity contribution in [2.24, 2.45) is 5.92 Å². The molecule has 2 aromatic rings. The number of hydrogen-bond donors (Lipinski definition) is 1. The van der Waals surface area contributed by atoms with E-state index in [4.69, 9.17) is 9.37 Å². The van der Waals surface area contributed by atoms with Crippen molar-refractivity contribution in [2.45, 2.75) is 51.4 Å². The lowest BCUT2D eigenvalue weighted by molar-refractivity contribution is 0.0905. The van der Waals surface area contributed by atoms with E-state index < -0.39 is 0 Å². The molecule has 2 aromatic heterocycles. The van der Waals surface area contributed by atoms with Crippen LogP contribution in [0.5, 0.6) is 0 Å². The maximum atomic E-state index is 5.97. The third-order valence-corrected chi connectivity index (χ3v) is 4.54. The lowest BCUT2D eigenvalue weighted by Gasteiger charge is -2.20. The largest absolute Gasteiger partial charge is 0.370 e. The minimum absolute atomic E-state index is 0.0569. The van der Waals surface area contributed by atoms with Gasteiger partial charge in [0.25, 0.3) is 0 Å². The topological polar surface area (TPSA) is 78.0 Å². The predicted octanol–water partition coefficient (Wildman–Crippen LogP) is 1.60. The zero-order valence-corrected chi connectivity index (χ0v) is 12.7. The van der Waals surface area contributed by atoms with Crippen molar-refractivity contribution in [3.8, 4) is 0 Å². The smallest absolute Gasteiger partial charge is 0.121 e. The summed E-state index contributed by atoms with van der Waals surface area (Å²) >= 11 is 0. The maximum Gasteiger partial charge on any atom is 0.121 e. The third kappa shape index (κ3) is 2.78. The summed E-state index contributed by atoms with van der Waals surface area (Å²) in [5, 5.41) is 15.7. The van der Waals surface area contributed by atoms with E-state index in [-0.39, 0.29) is 12.1 Å². The summed E-state index contributed by atoms with van der Waals surface area (Å²) in [4.78, 5) is 0. The molecule has 0 bridgehead atoms. The zero-order chi connectivity index (χ0) is 14.9. The highest BCUT2D eigenvalue weighted by atomic mass is 16.6. The van der Waals surface area contributed by atoms with Crippen molar-refractivity contribution in [1.29, 1.82) is 0 Å². The Morgan fingerprint density at radius 3 is 3.00 bits per heavy atom. The lowest BCUT2D eigenvalue weighted by atomic mass is 10.1. The first-order valence-electron chi connectivity index (χ1n) is 7.96. The number of aryl methyl sites for hydroxylation is 1. The summed E-state index contributed by atoms with van der Waals surface area (Å²) in [6.07, 6.45) is 5.57. The first kappa shape index (κ1) is 13.9. The summed E-state index contributed by atoms with van der Waals surface area (Å²) in [6.45, 7) is 4.34. The molecule has 2 aliphatic rings. The Bertz CT molecular complexity index is 633. The van der Waals surface area contributed by atoms with Crippen LogP contribution >= 0.6 is 0 Å². The number of ether oxygens (including phenoxy) is 1. The highest BCUT2D eigenvalue weighted by molar-refractivity contribution is 5.11. The fourth-order valence-electron chi connectivity index (χ4n) is 3.01. The van der Waals surface area contributed by atoms with Gasteiger partial charge in [0, 0.05) is 31.9 Å². The minimum atomic E-state index is 0.0569. The van der Waals surface area contributed by atoms with E-state index >= 15 is 0 Å². The molecule has 3 heterocycles. The van der Waals surface area contributed by atoms with Crippen molar-refractivity contribution >= 4 is 0 Å². The van der Waals surface area contributed by atoms with Crippen molar-refractivity contribution < 1.29 is 9.37 Å². The molecule has 7 heteroatoms. The van der Waals surface area contributed by atoms with Crippen LogP contribution in [-0.4, -0.2) is 32.7 Å². The minimum Gasteiger partial charge on any atom is -0.370 e. The molecule has 0 spiro atoms. The second-order valence-electron chi connectivity index (χ2n) is 6.25. The van der Waals surface area contributed by atoms with Gasteiger partial charge in [0.15, 0.2) is 0 Å². The second-order valence-corrected chi connectivity index (χ2v) is 6.25. The Morgan fingerprint density at radius 2 is 2.23 bits per heavy atom. The van der Waals surface area contributed by atoms with Gasteiger partial charge in [0.2, 0.25) is 0 Å². The Kier molecular flexibility index (Phi) is 3.67. The first-order chi connectivity index (χ1) is 10.8. The van der Waals surface area contributed by atoms with Crippen molar-refractivity contribution in [3.05, 3.63) is 29.3 Å². The highest BCUT2D eigenvalue weighted by Crippen LogP contribution is 2.34. The molecule has 1 N–H and O–H groups in total. The van der Waals surface area contributed by atoms with E-state index in [1.807, 2.05) is 13.1 Å². The quantitative estimate of drug-likeness (QED) is 0.873. The number of hydrogen-bond acceptors (Lipinski definition) is 6. The van der Waals surface area contributed by atoms with Gasteiger partial charge >= 0.3 is 0 Å². The van der Waals surface area contributed by atoms with Gasteiger partial charge in [-0.05, 0) is 38.2 Å². The van der Waals surface area contributed by atoms with Gasteiger partial charge in [0.1, 0.15) is 17.5 Å². The molecule has 1 aliphatic carbocycles. The summed E-state index contributed by atoms with van der Waals surface area (Å²) < 4.78 is 12.8.